The molecule has 0 heterocycles. The molecule has 0 saturated heterocycles. The van der Waals surface area contributed by atoms with Crippen LogP contribution in [0.1, 0.15) is 35.7 Å². The fourth-order valence-electron chi connectivity index (χ4n) is 2.09. The highest BCUT2D eigenvalue weighted by Crippen LogP contribution is 2.12. The molecule has 2 rings (SSSR count). The molecule has 1 amide bonds. The number of rotatable bonds is 7. The van der Waals surface area contributed by atoms with E-state index in [9.17, 15) is 9.59 Å². The number of hydrogen-bond donors (Lipinski definition) is 1. The number of ether oxygens (including phenoxy) is 1. The van der Waals surface area contributed by atoms with Crippen molar-refractivity contribution in [2.75, 3.05) is 11.9 Å². The van der Waals surface area contributed by atoms with Crippen LogP contribution in [0, 0.1) is 0 Å². The predicted molar refractivity (Wildman–Crippen MR) is 90.4 cm³/mol. The van der Waals surface area contributed by atoms with Crippen molar-refractivity contribution < 1.29 is 14.3 Å². The second-order valence-corrected chi connectivity index (χ2v) is 5.25. The maximum absolute atomic E-state index is 11.9. The molecule has 0 saturated carbocycles. The lowest BCUT2D eigenvalue weighted by molar-refractivity contribution is -0.116. The van der Waals surface area contributed by atoms with E-state index in [0.717, 1.165) is 12.0 Å². The summed E-state index contributed by atoms with van der Waals surface area (Å²) in [7, 11) is 0. The van der Waals surface area contributed by atoms with E-state index >= 15 is 0 Å². The molecule has 4 nitrogen and oxygen atoms in total. The van der Waals surface area contributed by atoms with Gasteiger partial charge in [-0.1, -0.05) is 37.3 Å². The molecule has 0 atom stereocenters. The minimum absolute atomic E-state index is 0.0461. The van der Waals surface area contributed by atoms with E-state index in [4.69, 9.17) is 4.74 Å². The van der Waals surface area contributed by atoms with Gasteiger partial charge in [0, 0.05) is 12.1 Å². The Labute approximate surface area is 136 Å². The summed E-state index contributed by atoms with van der Waals surface area (Å²) in [4.78, 5) is 23.6. The number of hydrogen-bond acceptors (Lipinski definition) is 3. The van der Waals surface area contributed by atoms with E-state index in [1.54, 1.807) is 24.3 Å². The van der Waals surface area contributed by atoms with Crippen LogP contribution in [0.3, 0.4) is 0 Å². The van der Waals surface area contributed by atoms with Gasteiger partial charge in [0.2, 0.25) is 5.91 Å². The van der Waals surface area contributed by atoms with Crippen molar-refractivity contribution in [1.82, 2.24) is 0 Å². The van der Waals surface area contributed by atoms with Crippen LogP contribution in [0.25, 0.3) is 0 Å². The largest absolute Gasteiger partial charge is 0.462 e. The van der Waals surface area contributed by atoms with Crippen LogP contribution in [0.2, 0.25) is 0 Å². The number of aryl methyl sites for hydroxylation is 1. The monoisotopic (exact) mass is 311 g/mol. The third-order valence-electron chi connectivity index (χ3n) is 3.33. The van der Waals surface area contributed by atoms with E-state index in [1.165, 1.54) is 0 Å². The molecule has 0 aliphatic carbocycles. The molecule has 0 radical (unpaired) electrons. The molecule has 0 unspecified atom stereocenters. The van der Waals surface area contributed by atoms with Crippen LogP contribution in [-0.2, 0) is 16.0 Å². The number of amides is 1. The van der Waals surface area contributed by atoms with E-state index in [0.29, 0.717) is 30.7 Å². The summed E-state index contributed by atoms with van der Waals surface area (Å²) >= 11 is 0. The first-order valence-electron chi connectivity index (χ1n) is 7.80. The second kappa shape index (κ2) is 8.73. The van der Waals surface area contributed by atoms with E-state index < -0.39 is 0 Å². The SMILES string of the molecule is CCCOC(=O)c1ccc(NC(=O)CCc2ccccc2)cc1. The van der Waals surface area contributed by atoms with Crippen molar-refractivity contribution >= 4 is 17.6 Å². The molecule has 0 aliphatic heterocycles. The molecular weight excluding hydrogens is 290 g/mol. The number of anilines is 1. The normalized spacial score (nSPS) is 10.1. The molecule has 23 heavy (non-hydrogen) atoms. The molecular formula is C19H21NO3. The van der Waals surface area contributed by atoms with E-state index in [2.05, 4.69) is 5.32 Å². The highest BCUT2D eigenvalue weighted by Gasteiger charge is 2.07. The third-order valence-corrected chi connectivity index (χ3v) is 3.33. The fraction of sp³-hybridized carbons (Fsp3) is 0.263. The average Bonchev–Trinajstić information content (AvgIpc) is 2.59. The van der Waals surface area contributed by atoms with Crippen LogP contribution in [0.4, 0.5) is 5.69 Å². The van der Waals surface area contributed by atoms with Crippen molar-refractivity contribution in [3.05, 3.63) is 65.7 Å². The third kappa shape index (κ3) is 5.58. The Morgan fingerprint density at radius 3 is 2.35 bits per heavy atom. The van der Waals surface area contributed by atoms with Gasteiger partial charge in [-0.05, 0) is 42.7 Å². The van der Waals surface area contributed by atoms with Gasteiger partial charge < -0.3 is 10.1 Å². The van der Waals surface area contributed by atoms with Crippen LogP contribution in [0.5, 0.6) is 0 Å². The van der Waals surface area contributed by atoms with Crippen molar-refractivity contribution in [2.24, 2.45) is 0 Å². The number of benzene rings is 2. The van der Waals surface area contributed by atoms with Gasteiger partial charge in [0.05, 0.1) is 12.2 Å². The molecule has 120 valence electrons. The zero-order valence-electron chi connectivity index (χ0n) is 13.2. The average molecular weight is 311 g/mol. The summed E-state index contributed by atoms with van der Waals surface area (Å²) < 4.78 is 5.06. The van der Waals surface area contributed by atoms with E-state index in [-0.39, 0.29) is 11.9 Å². The molecule has 2 aromatic carbocycles. The molecule has 1 N–H and O–H groups in total. The topological polar surface area (TPSA) is 55.4 Å². The number of esters is 1. The van der Waals surface area contributed by atoms with Crippen LogP contribution < -0.4 is 5.32 Å². The summed E-state index contributed by atoms with van der Waals surface area (Å²) in [6, 6.07) is 16.6. The van der Waals surface area contributed by atoms with Gasteiger partial charge in [-0.3, -0.25) is 4.79 Å². The van der Waals surface area contributed by atoms with Gasteiger partial charge in [0.15, 0.2) is 0 Å². The Kier molecular flexibility index (Phi) is 6.36. The Morgan fingerprint density at radius 2 is 1.70 bits per heavy atom. The second-order valence-electron chi connectivity index (χ2n) is 5.25. The molecule has 0 spiro atoms. The summed E-state index contributed by atoms with van der Waals surface area (Å²) in [6.45, 7) is 2.36. The fourth-order valence-corrected chi connectivity index (χ4v) is 2.09. The zero-order valence-corrected chi connectivity index (χ0v) is 13.2. The quantitative estimate of drug-likeness (QED) is 0.791. The minimum atomic E-state index is -0.339. The number of carbonyl (C=O) groups is 2. The van der Waals surface area contributed by atoms with Gasteiger partial charge in [0.25, 0.3) is 0 Å². The maximum atomic E-state index is 11.9. The lowest BCUT2D eigenvalue weighted by Crippen LogP contribution is -2.12. The van der Waals surface area contributed by atoms with Crippen molar-refractivity contribution in [1.29, 1.82) is 0 Å². The molecule has 0 fully saturated rings. The Bertz CT molecular complexity index is 635. The van der Waals surface area contributed by atoms with Crippen LogP contribution in [0.15, 0.2) is 54.6 Å². The lowest BCUT2D eigenvalue weighted by atomic mass is 10.1. The summed E-state index contributed by atoms with van der Waals surface area (Å²) in [5.74, 6) is -0.385. The van der Waals surface area contributed by atoms with Crippen LogP contribution >= 0.6 is 0 Å². The van der Waals surface area contributed by atoms with Gasteiger partial charge in [-0.2, -0.15) is 0 Å². The minimum Gasteiger partial charge on any atom is -0.462 e. The first-order valence-corrected chi connectivity index (χ1v) is 7.80. The van der Waals surface area contributed by atoms with Gasteiger partial charge >= 0.3 is 5.97 Å². The molecule has 0 bridgehead atoms. The van der Waals surface area contributed by atoms with Gasteiger partial charge in [-0.25, -0.2) is 4.79 Å². The predicted octanol–water partition coefficient (Wildman–Crippen LogP) is 3.82. The summed E-state index contributed by atoms with van der Waals surface area (Å²) in [6.07, 6.45) is 1.92. The number of nitrogens with one attached hydrogen (secondary N) is 1. The maximum Gasteiger partial charge on any atom is 0.338 e. The van der Waals surface area contributed by atoms with Crippen LogP contribution in [-0.4, -0.2) is 18.5 Å². The van der Waals surface area contributed by atoms with Crippen molar-refractivity contribution in [2.45, 2.75) is 26.2 Å². The molecule has 0 aromatic heterocycles. The highest BCUT2D eigenvalue weighted by molar-refractivity contribution is 5.93. The summed E-state index contributed by atoms with van der Waals surface area (Å²) in [5.41, 5.74) is 2.30. The first-order chi connectivity index (χ1) is 11.2. The zero-order chi connectivity index (χ0) is 16.5. The van der Waals surface area contributed by atoms with Crippen molar-refractivity contribution in [3.8, 4) is 0 Å². The molecule has 0 aliphatic rings. The van der Waals surface area contributed by atoms with Crippen molar-refractivity contribution in [3.63, 3.8) is 0 Å². The summed E-state index contributed by atoms with van der Waals surface area (Å²) in [5, 5.41) is 2.83. The first kappa shape index (κ1) is 16.7. The van der Waals surface area contributed by atoms with Gasteiger partial charge in [-0.15, -0.1) is 0 Å². The number of carbonyl (C=O) groups excluding carboxylic acids is 2. The lowest BCUT2D eigenvalue weighted by Gasteiger charge is -2.07. The Morgan fingerprint density at radius 1 is 1.00 bits per heavy atom. The smallest absolute Gasteiger partial charge is 0.338 e. The Balaban J connectivity index is 1.83. The standard InChI is InChI=1S/C19H21NO3/c1-2-14-23-19(22)16-9-11-17(12-10-16)20-18(21)13-8-15-6-4-3-5-7-15/h3-7,9-12H,2,8,13-14H2,1H3,(H,20,21). The molecule has 4 heteroatoms. The van der Waals surface area contributed by atoms with Gasteiger partial charge in [0.1, 0.15) is 0 Å². The molecule has 2 aromatic rings. The van der Waals surface area contributed by atoms with E-state index in [1.807, 2.05) is 37.3 Å². The highest BCUT2D eigenvalue weighted by atomic mass is 16.5. The Hall–Kier alpha value is -2.62.